The molecule has 2 aliphatic carbocycles. The highest BCUT2D eigenvalue weighted by molar-refractivity contribution is 5.84. The number of para-hydroxylation sites is 1. The van der Waals surface area contributed by atoms with Crippen LogP contribution in [0.2, 0.25) is 0 Å². The molecule has 1 heterocycles. The summed E-state index contributed by atoms with van der Waals surface area (Å²) in [5.41, 5.74) is 5.47. The number of oxazole rings is 1. The summed E-state index contributed by atoms with van der Waals surface area (Å²) in [6, 6.07) is 16.7. The van der Waals surface area contributed by atoms with Gasteiger partial charge in [-0.3, -0.25) is 4.99 Å². The predicted molar refractivity (Wildman–Crippen MR) is 137 cm³/mol. The Hall–Kier alpha value is -2.94. The minimum atomic E-state index is -0.0303. The number of hydrogen-bond acceptors (Lipinski definition) is 3. The lowest BCUT2D eigenvalue weighted by Gasteiger charge is -2.19. The predicted octanol–water partition coefficient (Wildman–Crippen LogP) is 8.19. The molecule has 2 aromatic carbocycles. The van der Waals surface area contributed by atoms with Crippen LogP contribution in [-0.2, 0) is 5.41 Å². The summed E-state index contributed by atoms with van der Waals surface area (Å²) in [7, 11) is 0. The van der Waals surface area contributed by atoms with Crippen molar-refractivity contribution in [1.82, 2.24) is 4.98 Å². The van der Waals surface area contributed by atoms with Crippen LogP contribution in [0.25, 0.3) is 11.5 Å². The molecule has 1 fully saturated rings. The topological polar surface area (TPSA) is 38.4 Å². The van der Waals surface area contributed by atoms with Crippen molar-refractivity contribution < 1.29 is 4.42 Å². The molecule has 5 rings (SSSR count). The number of aromatic nitrogens is 1. The second-order valence-corrected chi connectivity index (χ2v) is 10.4. The van der Waals surface area contributed by atoms with Crippen molar-refractivity contribution in [3.8, 4) is 11.5 Å². The third-order valence-corrected chi connectivity index (χ3v) is 7.42. The number of benzene rings is 2. The zero-order valence-electron chi connectivity index (χ0n) is 20.4. The maximum atomic E-state index is 6.52. The van der Waals surface area contributed by atoms with Gasteiger partial charge in [0.05, 0.1) is 17.3 Å². The van der Waals surface area contributed by atoms with Gasteiger partial charge in [0.1, 0.15) is 11.5 Å². The van der Waals surface area contributed by atoms with E-state index in [-0.39, 0.29) is 5.41 Å². The molecule has 3 unspecified atom stereocenters. The van der Waals surface area contributed by atoms with Crippen molar-refractivity contribution in [2.45, 2.75) is 64.7 Å². The molecule has 0 bridgehead atoms. The standard InChI is InChI=1S/C30H34N2O/c1-19(2)23-14-9-15-24(20(3)4)27(23)31-18-26-28(30-16-10-11-21(5)25(30)17-30)33-29(32-26)22-12-7-6-8-13-22/h6-10,12-16,18-21,25H,11,17H2,1-5H3. The monoisotopic (exact) mass is 438 g/mol. The van der Waals surface area contributed by atoms with E-state index in [2.05, 4.69) is 77.1 Å². The lowest BCUT2D eigenvalue weighted by molar-refractivity contribution is 0.412. The number of allylic oxidation sites excluding steroid dienone is 2. The summed E-state index contributed by atoms with van der Waals surface area (Å²) in [6.07, 6.45) is 8.93. The van der Waals surface area contributed by atoms with Gasteiger partial charge >= 0.3 is 0 Å². The van der Waals surface area contributed by atoms with Crippen LogP contribution in [0.3, 0.4) is 0 Å². The lowest BCUT2D eigenvalue weighted by Crippen LogP contribution is -2.16. The molecule has 2 aliphatic rings. The van der Waals surface area contributed by atoms with Gasteiger partial charge in [0.2, 0.25) is 5.89 Å². The Labute approximate surface area is 197 Å². The van der Waals surface area contributed by atoms with Crippen LogP contribution in [-0.4, -0.2) is 11.2 Å². The van der Waals surface area contributed by atoms with E-state index in [0.717, 1.165) is 35.5 Å². The van der Waals surface area contributed by atoms with Gasteiger partial charge in [0, 0.05) is 5.56 Å². The van der Waals surface area contributed by atoms with Gasteiger partial charge in [-0.2, -0.15) is 0 Å². The molecule has 0 saturated heterocycles. The summed E-state index contributed by atoms with van der Waals surface area (Å²) in [6.45, 7) is 11.3. The molecular formula is C30H34N2O. The molecule has 0 spiro atoms. The van der Waals surface area contributed by atoms with Crippen LogP contribution in [0.15, 0.2) is 70.1 Å². The SMILES string of the molecule is CC(C)c1cccc(C(C)C)c1N=Cc1nc(-c2ccccc2)oc1C12C=CCC(C)C1C2. The zero-order chi connectivity index (χ0) is 23.2. The van der Waals surface area contributed by atoms with Gasteiger partial charge in [0.15, 0.2) is 0 Å². The zero-order valence-corrected chi connectivity index (χ0v) is 20.4. The molecule has 3 aromatic rings. The van der Waals surface area contributed by atoms with E-state index in [1.807, 2.05) is 24.4 Å². The van der Waals surface area contributed by atoms with E-state index in [1.165, 1.54) is 11.1 Å². The Morgan fingerprint density at radius 2 is 1.70 bits per heavy atom. The number of nitrogens with zero attached hydrogens (tertiary/aromatic N) is 2. The average Bonchev–Trinajstić information content (AvgIpc) is 3.42. The number of hydrogen-bond donors (Lipinski definition) is 0. The van der Waals surface area contributed by atoms with Crippen molar-refractivity contribution in [1.29, 1.82) is 0 Å². The fourth-order valence-electron chi connectivity index (χ4n) is 5.44. The number of rotatable bonds is 6. The van der Waals surface area contributed by atoms with Gasteiger partial charge in [-0.05, 0) is 59.8 Å². The Bertz CT molecular complexity index is 1180. The number of aliphatic imine (C=N–C) groups is 1. The van der Waals surface area contributed by atoms with Crippen molar-refractivity contribution in [2.24, 2.45) is 16.8 Å². The Kier molecular flexibility index (Phi) is 5.60. The molecule has 1 saturated carbocycles. The molecule has 0 N–H and O–H groups in total. The minimum Gasteiger partial charge on any atom is -0.440 e. The maximum absolute atomic E-state index is 6.52. The van der Waals surface area contributed by atoms with Gasteiger partial charge in [-0.1, -0.05) is 83.2 Å². The molecule has 0 aliphatic heterocycles. The van der Waals surface area contributed by atoms with E-state index < -0.39 is 0 Å². The van der Waals surface area contributed by atoms with E-state index >= 15 is 0 Å². The first-order valence-electron chi connectivity index (χ1n) is 12.3. The second-order valence-electron chi connectivity index (χ2n) is 10.4. The molecule has 0 amide bonds. The van der Waals surface area contributed by atoms with E-state index in [0.29, 0.717) is 29.6 Å². The van der Waals surface area contributed by atoms with E-state index in [1.54, 1.807) is 0 Å². The van der Waals surface area contributed by atoms with Crippen LogP contribution in [0.4, 0.5) is 5.69 Å². The molecule has 170 valence electrons. The summed E-state index contributed by atoms with van der Waals surface area (Å²) in [5, 5.41) is 0. The highest BCUT2D eigenvalue weighted by atomic mass is 16.4. The quantitative estimate of drug-likeness (QED) is 0.287. The van der Waals surface area contributed by atoms with Gasteiger partial charge < -0.3 is 4.42 Å². The average molecular weight is 439 g/mol. The minimum absolute atomic E-state index is 0.0303. The summed E-state index contributed by atoms with van der Waals surface area (Å²) in [5.74, 6) is 3.76. The summed E-state index contributed by atoms with van der Waals surface area (Å²) < 4.78 is 6.52. The summed E-state index contributed by atoms with van der Waals surface area (Å²) >= 11 is 0. The van der Waals surface area contributed by atoms with Crippen LogP contribution in [0, 0.1) is 11.8 Å². The molecule has 3 nitrogen and oxygen atoms in total. The van der Waals surface area contributed by atoms with Crippen LogP contribution < -0.4 is 0 Å². The normalized spacial score (nSPS) is 24.1. The van der Waals surface area contributed by atoms with Crippen LogP contribution in [0.5, 0.6) is 0 Å². The fraction of sp³-hybridized carbons (Fsp3) is 0.400. The van der Waals surface area contributed by atoms with Gasteiger partial charge in [-0.15, -0.1) is 0 Å². The van der Waals surface area contributed by atoms with Crippen molar-refractivity contribution in [2.75, 3.05) is 0 Å². The smallest absolute Gasteiger partial charge is 0.226 e. The van der Waals surface area contributed by atoms with E-state index in [4.69, 9.17) is 14.4 Å². The fourth-order valence-corrected chi connectivity index (χ4v) is 5.44. The van der Waals surface area contributed by atoms with Crippen molar-refractivity contribution >= 4 is 11.9 Å². The third-order valence-electron chi connectivity index (χ3n) is 7.42. The molecule has 1 aromatic heterocycles. The third kappa shape index (κ3) is 3.88. The first kappa shape index (κ1) is 21.9. The molecule has 0 radical (unpaired) electrons. The van der Waals surface area contributed by atoms with Crippen molar-refractivity contribution in [3.63, 3.8) is 0 Å². The summed E-state index contributed by atoms with van der Waals surface area (Å²) in [4.78, 5) is 10.0. The van der Waals surface area contributed by atoms with Gasteiger partial charge in [-0.25, -0.2) is 4.98 Å². The van der Waals surface area contributed by atoms with E-state index in [9.17, 15) is 0 Å². The first-order valence-corrected chi connectivity index (χ1v) is 12.3. The molecule has 33 heavy (non-hydrogen) atoms. The van der Waals surface area contributed by atoms with Crippen molar-refractivity contribution in [3.05, 3.63) is 83.3 Å². The largest absolute Gasteiger partial charge is 0.440 e. The molecule has 3 atom stereocenters. The highest BCUT2D eigenvalue weighted by Crippen LogP contribution is 2.62. The first-order chi connectivity index (χ1) is 15.9. The molecular weight excluding hydrogens is 404 g/mol. The second kappa shape index (κ2) is 8.44. The highest BCUT2D eigenvalue weighted by Gasteiger charge is 2.60. The Balaban J connectivity index is 1.62. The van der Waals surface area contributed by atoms with Gasteiger partial charge in [0.25, 0.3) is 0 Å². The van der Waals surface area contributed by atoms with Crippen LogP contribution >= 0.6 is 0 Å². The molecule has 3 heteroatoms. The van der Waals surface area contributed by atoms with Crippen LogP contribution in [0.1, 0.15) is 81.9 Å². The Morgan fingerprint density at radius 1 is 1.00 bits per heavy atom. The lowest BCUT2D eigenvalue weighted by atomic mass is 9.86. The number of fused-ring (bicyclic) bond motifs is 1. The maximum Gasteiger partial charge on any atom is 0.226 e. The Morgan fingerprint density at radius 3 is 2.36 bits per heavy atom.